The fourth-order valence-corrected chi connectivity index (χ4v) is 3.49. The molecule has 3 N–H and O–H groups in total. The molecule has 24 heavy (non-hydrogen) atoms. The number of carbonyl (C=O) groups is 2. The molecule has 1 atom stereocenters. The summed E-state index contributed by atoms with van der Waals surface area (Å²) in [6.07, 6.45) is 2.21. The molecule has 0 fully saturated rings. The van der Waals surface area contributed by atoms with Crippen LogP contribution < -0.4 is 11.1 Å². The number of thiophene rings is 1. The van der Waals surface area contributed by atoms with E-state index in [2.05, 4.69) is 5.32 Å². The average molecular weight is 364 g/mol. The molecular weight excluding hydrogens is 342 g/mol. The van der Waals surface area contributed by atoms with E-state index in [0.717, 1.165) is 10.4 Å². The second kappa shape index (κ2) is 8.75. The molecule has 0 aliphatic heterocycles. The van der Waals surface area contributed by atoms with Crippen molar-refractivity contribution in [3.8, 4) is 0 Å². The molecule has 0 spiro atoms. The maximum Gasteiger partial charge on any atom is 0.312 e. The molecular formula is C17H21N3O2S2. The third-order valence-electron chi connectivity index (χ3n) is 3.59. The maximum absolute atomic E-state index is 12.5. The Morgan fingerprint density at radius 3 is 2.54 bits per heavy atom. The van der Waals surface area contributed by atoms with Gasteiger partial charge in [-0.1, -0.05) is 18.2 Å². The number of thioether (sulfide) groups is 1. The fraction of sp³-hybridized carbons (Fsp3) is 0.294. The molecule has 5 nitrogen and oxygen atoms in total. The molecule has 0 saturated heterocycles. The molecule has 2 aromatic rings. The van der Waals surface area contributed by atoms with E-state index in [4.69, 9.17) is 5.73 Å². The number of nitrogens with zero attached hydrogens (tertiary/aromatic N) is 1. The lowest BCUT2D eigenvalue weighted by Crippen LogP contribution is -2.36. The summed E-state index contributed by atoms with van der Waals surface area (Å²) in [7, 11) is 1.76. The van der Waals surface area contributed by atoms with Crippen LogP contribution >= 0.6 is 23.1 Å². The highest BCUT2D eigenvalue weighted by molar-refractivity contribution is 7.98. The molecule has 0 bridgehead atoms. The van der Waals surface area contributed by atoms with Gasteiger partial charge in [0, 0.05) is 23.4 Å². The van der Waals surface area contributed by atoms with Crippen LogP contribution in [0, 0.1) is 0 Å². The number of benzene rings is 1. The molecule has 0 unspecified atom stereocenters. The first kappa shape index (κ1) is 18.4. The smallest absolute Gasteiger partial charge is 0.312 e. The molecule has 0 aliphatic rings. The van der Waals surface area contributed by atoms with Gasteiger partial charge in [0.1, 0.15) is 0 Å². The topological polar surface area (TPSA) is 75.4 Å². The highest BCUT2D eigenvalue weighted by atomic mass is 32.2. The van der Waals surface area contributed by atoms with Crippen molar-refractivity contribution in [3.05, 3.63) is 52.2 Å². The van der Waals surface area contributed by atoms with Crippen molar-refractivity contribution in [2.45, 2.75) is 23.9 Å². The van der Waals surface area contributed by atoms with Crippen LogP contribution in [-0.4, -0.2) is 30.1 Å². The lowest BCUT2D eigenvalue weighted by molar-refractivity contribution is -0.130. The summed E-state index contributed by atoms with van der Waals surface area (Å²) in [6.45, 7) is 0.529. The van der Waals surface area contributed by atoms with Gasteiger partial charge >= 0.3 is 6.03 Å². The summed E-state index contributed by atoms with van der Waals surface area (Å²) in [5, 5.41) is 4.56. The van der Waals surface area contributed by atoms with Crippen LogP contribution in [0.2, 0.25) is 0 Å². The summed E-state index contributed by atoms with van der Waals surface area (Å²) >= 11 is 3.18. The van der Waals surface area contributed by atoms with E-state index in [1.165, 1.54) is 16.2 Å². The van der Waals surface area contributed by atoms with Crippen LogP contribution in [0.3, 0.4) is 0 Å². The van der Waals surface area contributed by atoms with Gasteiger partial charge in [-0.05, 0) is 35.4 Å². The minimum Gasteiger partial charge on any atom is -0.352 e. The zero-order valence-corrected chi connectivity index (χ0v) is 15.3. The van der Waals surface area contributed by atoms with Gasteiger partial charge in [0.2, 0.25) is 5.91 Å². The number of hydrogen-bond donors (Lipinski definition) is 2. The molecule has 2 rings (SSSR count). The van der Waals surface area contributed by atoms with Gasteiger partial charge < -0.3 is 16.0 Å². The molecule has 1 heterocycles. The van der Waals surface area contributed by atoms with Crippen molar-refractivity contribution >= 4 is 35.0 Å². The van der Waals surface area contributed by atoms with Crippen LogP contribution in [0.1, 0.15) is 22.9 Å². The van der Waals surface area contributed by atoms with E-state index >= 15 is 0 Å². The van der Waals surface area contributed by atoms with Gasteiger partial charge in [0.25, 0.3) is 0 Å². The zero-order valence-electron chi connectivity index (χ0n) is 13.7. The Morgan fingerprint density at radius 1 is 1.29 bits per heavy atom. The normalized spacial score (nSPS) is 11.8. The fourth-order valence-electron chi connectivity index (χ4n) is 2.31. The molecule has 1 aromatic carbocycles. The van der Waals surface area contributed by atoms with Gasteiger partial charge in [0.05, 0.1) is 12.5 Å². The monoisotopic (exact) mass is 363 g/mol. The number of urea groups is 1. The van der Waals surface area contributed by atoms with Gasteiger partial charge in [0.15, 0.2) is 0 Å². The Morgan fingerprint density at radius 2 is 2.00 bits per heavy atom. The second-order valence-corrected chi connectivity index (χ2v) is 7.24. The van der Waals surface area contributed by atoms with Crippen molar-refractivity contribution in [2.75, 3.05) is 13.3 Å². The number of rotatable bonds is 7. The Bertz CT molecular complexity index is 672. The van der Waals surface area contributed by atoms with E-state index in [1.807, 2.05) is 48.0 Å². The number of amides is 3. The quantitative estimate of drug-likeness (QED) is 0.742. The van der Waals surface area contributed by atoms with Crippen LogP contribution in [0.5, 0.6) is 0 Å². The third kappa shape index (κ3) is 5.28. The SMILES string of the molecule is CSc1ccc(CN(C)C(=O)C[C@@H](NC(N)=O)c2cccs2)cc1. The highest BCUT2D eigenvalue weighted by Gasteiger charge is 2.20. The lowest BCUT2D eigenvalue weighted by Gasteiger charge is -2.21. The second-order valence-electron chi connectivity index (χ2n) is 5.38. The Labute approximate surface area is 150 Å². The summed E-state index contributed by atoms with van der Waals surface area (Å²) in [5.41, 5.74) is 6.30. The summed E-state index contributed by atoms with van der Waals surface area (Å²) in [4.78, 5) is 27.5. The first-order valence-electron chi connectivity index (χ1n) is 7.46. The predicted molar refractivity (Wildman–Crippen MR) is 99.1 cm³/mol. The van der Waals surface area contributed by atoms with Crippen LogP contribution in [0.15, 0.2) is 46.7 Å². The van der Waals surface area contributed by atoms with Crippen LogP contribution in [0.25, 0.3) is 0 Å². The van der Waals surface area contributed by atoms with E-state index in [0.29, 0.717) is 6.54 Å². The molecule has 0 saturated carbocycles. The largest absolute Gasteiger partial charge is 0.352 e. The molecule has 1 aromatic heterocycles. The standard InChI is InChI=1S/C17H21N3O2S2/c1-20(11-12-5-7-13(23-2)8-6-12)16(21)10-14(19-17(18)22)15-4-3-9-24-15/h3-9,14H,10-11H2,1-2H3,(H3,18,19,22)/t14-/m1/s1. The van der Waals surface area contributed by atoms with Crippen molar-refractivity contribution in [3.63, 3.8) is 0 Å². The van der Waals surface area contributed by atoms with Gasteiger partial charge in [-0.25, -0.2) is 4.79 Å². The number of carbonyl (C=O) groups excluding carboxylic acids is 2. The number of primary amides is 1. The van der Waals surface area contributed by atoms with E-state index in [1.54, 1.807) is 23.7 Å². The summed E-state index contributed by atoms with van der Waals surface area (Å²) < 4.78 is 0. The molecule has 128 valence electrons. The van der Waals surface area contributed by atoms with Gasteiger partial charge in [-0.2, -0.15) is 0 Å². The van der Waals surface area contributed by atoms with Crippen molar-refractivity contribution in [2.24, 2.45) is 5.73 Å². The number of nitrogens with one attached hydrogen (secondary N) is 1. The van der Waals surface area contributed by atoms with E-state index in [-0.39, 0.29) is 12.3 Å². The van der Waals surface area contributed by atoms with E-state index in [9.17, 15) is 9.59 Å². The van der Waals surface area contributed by atoms with Gasteiger partial charge in [-0.3, -0.25) is 4.79 Å². The minimum atomic E-state index is -0.628. The van der Waals surface area contributed by atoms with Crippen molar-refractivity contribution < 1.29 is 9.59 Å². The first-order chi connectivity index (χ1) is 11.5. The molecule has 3 amide bonds. The lowest BCUT2D eigenvalue weighted by atomic mass is 10.1. The molecule has 7 heteroatoms. The number of hydrogen-bond acceptors (Lipinski definition) is 4. The third-order valence-corrected chi connectivity index (χ3v) is 5.32. The summed E-state index contributed by atoms with van der Waals surface area (Å²) in [5.74, 6) is -0.0453. The molecule has 0 aliphatic carbocycles. The summed E-state index contributed by atoms with van der Waals surface area (Å²) in [6, 6.07) is 10.9. The predicted octanol–water partition coefficient (Wildman–Crippen LogP) is 3.23. The van der Waals surface area contributed by atoms with Crippen molar-refractivity contribution in [1.82, 2.24) is 10.2 Å². The zero-order chi connectivity index (χ0) is 17.5. The maximum atomic E-state index is 12.5. The Balaban J connectivity index is 1.98. The highest BCUT2D eigenvalue weighted by Crippen LogP contribution is 2.23. The Hall–Kier alpha value is -1.99. The molecule has 0 radical (unpaired) electrons. The average Bonchev–Trinajstić information content (AvgIpc) is 3.09. The van der Waals surface area contributed by atoms with Crippen molar-refractivity contribution in [1.29, 1.82) is 0 Å². The van der Waals surface area contributed by atoms with Gasteiger partial charge in [-0.15, -0.1) is 23.1 Å². The van der Waals surface area contributed by atoms with Crippen LogP contribution in [-0.2, 0) is 11.3 Å². The van der Waals surface area contributed by atoms with E-state index < -0.39 is 12.1 Å². The number of nitrogens with two attached hydrogens (primary N) is 1. The Kier molecular flexibility index (Phi) is 6.69. The van der Waals surface area contributed by atoms with Crippen LogP contribution in [0.4, 0.5) is 4.79 Å². The first-order valence-corrected chi connectivity index (χ1v) is 9.56. The minimum absolute atomic E-state index is 0.0453.